The predicted molar refractivity (Wildman–Crippen MR) is 123 cm³/mol. The summed E-state index contributed by atoms with van der Waals surface area (Å²) in [6, 6.07) is 9.29. The number of rotatable bonds is 5. The van der Waals surface area contributed by atoms with Crippen LogP contribution in [-0.4, -0.2) is 70.5 Å². The van der Waals surface area contributed by atoms with Gasteiger partial charge in [0.1, 0.15) is 5.69 Å². The molecule has 0 bridgehead atoms. The number of amides is 1. The van der Waals surface area contributed by atoms with Crippen molar-refractivity contribution in [1.82, 2.24) is 4.31 Å². The SMILES string of the molecule is CN(C)S(=O)(=O)c1ccc2c(c1)CCCN2C(=O)c1ccc(N2CCOCC2)c([N+](=O)[O-])c1. The van der Waals surface area contributed by atoms with Gasteiger partial charge in [-0.15, -0.1) is 0 Å². The first-order chi connectivity index (χ1) is 15.7. The summed E-state index contributed by atoms with van der Waals surface area (Å²) in [5, 5.41) is 11.8. The van der Waals surface area contributed by atoms with E-state index in [0.29, 0.717) is 57.1 Å². The van der Waals surface area contributed by atoms with Gasteiger partial charge in [-0.25, -0.2) is 12.7 Å². The van der Waals surface area contributed by atoms with E-state index in [1.807, 2.05) is 4.90 Å². The summed E-state index contributed by atoms with van der Waals surface area (Å²) in [5.74, 6) is -0.351. The quantitative estimate of drug-likeness (QED) is 0.482. The molecule has 11 heteroatoms. The number of benzene rings is 2. The summed E-state index contributed by atoms with van der Waals surface area (Å²) >= 11 is 0. The Morgan fingerprint density at radius 2 is 1.76 bits per heavy atom. The highest BCUT2D eigenvalue weighted by atomic mass is 32.2. The van der Waals surface area contributed by atoms with Crippen LogP contribution >= 0.6 is 0 Å². The topological polar surface area (TPSA) is 113 Å². The minimum Gasteiger partial charge on any atom is -0.378 e. The van der Waals surface area contributed by atoms with E-state index in [1.54, 1.807) is 29.2 Å². The highest BCUT2D eigenvalue weighted by molar-refractivity contribution is 7.89. The lowest BCUT2D eigenvalue weighted by molar-refractivity contribution is -0.384. The van der Waals surface area contributed by atoms with Crippen LogP contribution in [0.15, 0.2) is 41.3 Å². The first-order valence-corrected chi connectivity index (χ1v) is 12.1. The van der Waals surface area contributed by atoms with E-state index in [2.05, 4.69) is 0 Å². The molecule has 2 aliphatic heterocycles. The Morgan fingerprint density at radius 1 is 1.06 bits per heavy atom. The average molecular weight is 475 g/mol. The summed E-state index contributed by atoms with van der Waals surface area (Å²) in [5.41, 5.74) is 1.96. The van der Waals surface area contributed by atoms with E-state index in [-0.39, 0.29) is 22.1 Å². The first-order valence-electron chi connectivity index (χ1n) is 10.7. The number of hydrogen-bond donors (Lipinski definition) is 0. The Balaban J connectivity index is 1.67. The van der Waals surface area contributed by atoms with Gasteiger partial charge >= 0.3 is 0 Å². The van der Waals surface area contributed by atoms with Crippen LogP contribution in [0.5, 0.6) is 0 Å². The fourth-order valence-electron chi connectivity index (χ4n) is 4.19. The van der Waals surface area contributed by atoms with Crippen molar-refractivity contribution in [2.24, 2.45) is 0 Å². The molecule has 0 N–H and O–H groups in total. The molecule has 2 heterocycles. The molecule has 0 unspecified atom stereocenters. The van der Waals surface area contributed by atoms with E-state index in [1.165, 1.54) is 26.2 Å². The molecule has 0 atom stereocenters. The number of fused-ring (bicyclic) bond motifs is 1. The van der Waals surface area contributed by atoms with E-state index < -0.39 is 14.9 Å². The summed E-state index contributed by atoms with van der Waals surface area (Å²) in [6.07, 6.45) is 1.31. The molecule has 0 radical (unpaired) electrons. The van der Waals surface area contributed by atoms with Crippen LogP contribution in [0, 0.1) is 10.1 Å². The maximum absolute atomic E-state index is 13.4. The number of ether oxygens (including phenoxy) is 1. The maximum Gasteiger partial charge on any atom is 0.293 e. The Kier molecular flexibility index (Phi) is 6.37. The van der Waals surface area contributed by atoms with Crippen LogP contribution in [0.3, 0.4) is 0 Å². The molecule has 1 fully saturated rings. The summed E-state index contributed by atoms with van der Waals surface area (Å²) in [4.78, 5) is 28.3. The summed E-state index contributed by atoms with van der Waals surface area (Å²) < 4.78 is 31.5. The van der Waals surface area contributed by atoms with Crippen molar-refractivity contribution in [1.29, 1.82) is 0 Å². The maximum atomic E-state index is 13.4. The lowest BCUT2D eigenvalue weighted by Crippen LogP contribution is -2.37. The molecular formula is C22H26N4O6S. The van der Waals surface area contributed by atoms with Crippen molar-refractivity contribution in [2.75, 3.05) is 56.7 Å². The molecule has 1 saturated heterocycles. The predicted octanol–water partition coefficient (Wildman–Crippen LogP) is 2.27. The number of nitro groups is 1. The van der Waals surface area contributed by atoms with Crippen molar-refractivity contribution in [3.8, 4) is 0 Å². The van der Waals surface area contributed by atoms with Gasteiger partial charge in [-0.2, -0.15) is 0 Å². The van der Waals surface area contributed by atoms with Gasteiger partial charge < -0.3 is 14.5 Å². The van der Waals surface area contributed by atoms with Gasteiger partial charge in [0.2, 0.25) is 10.0 Å². The molecule has 0 spiro atoms. The molecule has 1 amide bonds. The minimum atomic E-state index is -3.59. The average Bonchev–Trinajstić information content (AvgIpc) is 2.82. The normalized spacial score (nSPS) is 16.6. The lowest BCUT2D eigenvalue weighted by Gasteiger charge is -2.31. The molecule has 10 nitrogen and oxygen atoms in total. The molecule has 33 heavy (non-hydrogen) atoms. The number of nitro benzene ring substituents is 1. The third-order valence-electron chi connectivity index (χ3n) is 5.96. The van der Waals surface area contributed by atoms with Crippen LogP contribution in [0.4, 0.5) is 17.1 Å². The fraction of sp³-hybridized carbons (Fsp3) is 0.409. The van der Waals surface area contributed by atoms with Gasteiger partial charge in [0.15, 0.2) is 0 Å². The van der Waals surface area contributed by atoms with Crippen molar-refractivity contribution in [3.05, 3.63) is 57.6 Å². The molecule has 176 valence electrons. The second kappa shape index (κ2) is 9.08. The number of hydrogen-bond acceptors (Lipinski definition) is 7. The highest BCUT2D eigenvalue weighted by Crippen LogP contribution is 2.34. The molecule has 2 aliphatic rings. The highest BCUT2D eigenvalue weighted by Gasteiger charge is 2.29. The zero-order chi connectivity index (χ0) is 23.8. The van der Waals surface area contributed by atoms with Crippen LogP contribution in [0.2, 0.25) is 0 Å². The number of anilines is 2. The molecule has 0 saturated carbocycles. The molecule has 0 aliphatic carbocycles. The Bertz CT molecular complexity index is 1190. The molecular weight excluding hydrogens is 448 g/mol. The van der Waals surface area contributed by atoms with Gasteiger partial charge in [0.25, 0.3) is 11.6 Å². The van der Waals surface area contributed by atoms with Crippen molar-refractivity contribution in [2.45, 2.75) is 17.7 Å². The molecule has 2 aromatic carbocycles. The Morgan fingerprint density at radius 3 is 2.42 bits per heavy atom. The van der Waals surface area contributed by atoms with Crippen LogP contribution in [0.25, 0.3) is 0 Å². The van der Waals surface area contributed by atoms with Crippen LogP contribution in [0.1, 0.15) is 22.3 Å². The standard InChI is InChI=1S/C22H26N4O6S/c1-23(2)33(30,31)18-6-8-19-16(14-18)4-3-9-25(19)22(27)17-5-7-20(21(15-17)26(28)29)24-10-12-32-13-11-24/h5-8,14-15H,3-4,9-13H2,1-2H3. The van der Waals surface area contributed by atoms with Crippen LogP contribution < -0.4 is 9.80 Å². The second-order valence-electron chi connectivity index (χ2n) is 8.20. The lowest BCUT2D eigenvalue weighted by atomic mass is 10.0. The molecule has 2 aromatic rings. The smallest absolute Gasteiger partial charge is 0.293 e. The Labute approximate surface area is 192 Å². The van der Waals surface area contributed by atoms with Gasteiger partial charge in [-0.1, -0.05) is 0 Å². The van der Waals surface area contributed by atoms with E-state index in [4.69, 9.17) is 4.74 Å². The van der Waals surface area contributed by atoms with Crippen molar-refractivity contribution >= 4 is 33.0 Å². The fourth-order valence-corrected chi connectivity index (χ4v) is 5.14. The van der Waals surface area contributed by atoms with Crippen molar-refractivity contribution < 1.29 is 22.9 Å². The summed E-state index contributed by atoms with van der Waals surface area (Å²) in [6.45, 7) is 2.53. The van der Waals surface area contributed by atoms with Gasteiger partial charge in [-0.05, 0) is 48.7 Å². The van der Waals surface area contributed by atoms with E-state index >= 15 is 0 Å². The first kappa shape index (κ1) is 23.1. The van der Waals surface area contributed by atoms with E-state index in [9.17, 15) is 23.3 Å². The van der Waals surface area contributed by atoms with Gasteiger partial charge in [0, 0.05) is 51.0 Å². The monoisotopic (exact) mass is 474 g/mol. The number of sulfonamides is 1. The second-order valence-corrected chi connectivity index (χ2v) is 10.4. The van der Waals surface area contributed by atoms with E-state index in [0.717, 1.165) is 9.87 Å². The minimum absolute atomic E-state index is 0.118. The van der Waals surface area contributed by atoms with Gasteiger partial charge in [0.05, 0.1) is 23.0 Å². The zero-order valence-electron chi connectivity index (χ0n) is 18.6. The zero-order valence-corrected chi connectivity index (χ0v) is 19.4. The number of carbonyl (C=O) groups is 1. The number of carbonyl (C=O) groups excluding carboxylic acids is 1. The van der Waals surface area contributed by atoms with Crippen LogP contribution in [-0.2, 0) is 21.2 Å². The molecule has 0 aromatic heterocycles. The van der Waals surface area contributed by atoms with Crippen molar-refractivity contribution in [3.63, 3.8) is 0 Å². The third-order valence-corrected chi connectivity index (χ3v) is 7.78. The number of morpholine rings is 1. The Hall–Kier alpha value is -3.02. The number of nitrogens with zero attached hydrogens (tertiary/aromatic N) is 4. The largest absolute Gasteiger partial charge is 0.378 e. The summed E-state index contributed by atoms with van der Waals surface area (Å²) in [7, 11) is -0.649. The number of aryl methyl sites for hydroxylation is 1. The van der Waals surface area contributed by atoms with Gasteiger partial charge in [-0.3, -0.25) is 14.9 Å². The third kappa shape index (κ3) is 4.43. The molecule has 4 rings (SSSR count).